The minimum absolute atomic E-state index is 0.191. The van der Waals surface area contributed by atoms with Crippen molar-refractivity contribution < 1.29 is 89.4 Å². The Morgan fingerprint density at radius 1 is 0.374 bits per heavy atom. The molecule has 19 nitrogen and oxygen atoms in total. The topological polar surface area (TPSA) is 307 Å². The lowest BCUT2D eigenvalue weighted by Crippen LogP contribution is -2.66. The van der Waals surface area contributed by atoms with Crippen LogP contribution in [0.25, 0.3) is 0 Å². The van der Waals surface area contributed by atoms with Gasteiger partial charge in [0.05, 0.1) is 38.6 Å². The van der Waals surface area contributed by atoms with Crippen LogP contribution in [0.3, 0.4) is 0 Å². The second kappa shape index (κ2) is 58.9. The summed E-state index contributed by atoms with van der Waals surface area (Å²) in [5.74, 6) is -0.321. The van der Waals surface area contributed by atoms with E-state index in [1.165, 1.54) is 57.8 Å². The Labute approximate surface area is 593 Å². The van der Waals surface area contributed by atoms with Crippen LogP contribution in [0.4, 0.5) is 0 Å². The molecule has 0 aliphatic carbocycles. The Kier molecular flexibility index (Phi) is 52.7. The van der Waals surface area contributed by atoms with Crippen molar-refractivity contribution in [1.29, 1.82) is 0 Å². The average Bonchev–Trinajstić information content (AvgIpc) is 0.784. The van der Waals surface area contributed by atoms with Gasteiger partial charge in [0.25, 0.3) is 0 Å². The first-order chi connectivity index (χ1) is 48.3. The predicted octanol–water partition coefficient (Wildman–Crippen LogP) is 11.3. The molecule has 3 saturated heterocycles. The zero-order valence-electron chi connectivity index (χ0n) is 59.6. The van der Waals surface area contributed by atoms with Gasteiger partial charge in [0.1, 0.15) is 73.2 Å². The number of aliphatic hydroxyl groups excluding tert-OH is 11. The number of ether oxygens (including phenoxy) is 6. The van der Waals surface area contributed by atoms with Crippen molar-refractivity contribution in [3.8, 4) is 0 Å². The van der Waals surface area contributed by atoms with E-state index in [9.17, 15) is 61.0 Å². The number of hydrogen-bond donors (Lipinski definition) is 12. The van der Waals surface area contributed by atoms with Crippen LogP contribution in [0, 0.1) is 0 Å². The van der Waals surface area contributed by atoms with Gasteiger partial charge in [0, 0.05) is 6.42 Å². The Morgan fingerprint density at radius 2 is 0.707 bits per heavy atom. The molecule has 0 spiro atoms. The zero-order chi connectivity index (χ0) is 71.8. The van der Waals surface area contributed by atoms with Crippen molar-refractivity contribution in [3.63, 3.8) is 0 Å². The molecule has 3 heterocycles. The van der Waals surface area contributed by atoms with Gasteiger partial charge in [-0.25, -0.2) is 0 Å². The van der Waals surface area contributed by atoms with Gasteiger partial charge >= 0.3 is 0 Å². The third kappa shape index (κ3) is 39.6. The quantitative estimate of drug-likeness (QED) is 0.0199. The largest absolute Gasteiger partial charge is 0.394 e. The van der Waals surface area contributed by atoms with Crippen molar-refractivity contribution in [2.45, 2.75) is 311 Å². The number of nitrogens with one attached hydrogen (secondary N) is 1. The molecule has 3 aliphatic rings. The smallest absolute Gasteiger partial charge is 0.220 e. The fourth-order valence-corrected chi connectivity index (χ4v) is 11.3. The van der Waals surface area contributed by atoms with Gasteiger partial charge in [-0.15, -0.1) is 0 Å². The Bertz CT molecular complexity index is 2410. The first-order valence-electron chi connectivity index (χ1n) is 37.2. The SMILES string of the molecule is CC/C=C\C/C=C\C/C=C\C/C=C\C/C=C\C/C=C\C/C=C\C/C=C\C/C=C\C/C=C\CCCCCCC(=O)NC(COC1OC(CO)C(OC2OC(CO)C(OC3OC(CO)C(O)C(O)C3O)C(O)C2O)C(O)C1O)C(O)/C=C/CC/C=C/CC/C=C/CCCCCCCCCCC. The van der Waals surface area contributed by atoms with E-state index in [4.69, 9.17) is 28.4 Å². The minimum Gasteiger partial charge on any atom is -0.394 e. The molecule has 17 unspecified atom stereocenters. The first-order valence-corrected chi connectivity index (χ1v) is 37.2. The average molecular weight is 1390 g/mol. The van der Waals surface area contributed by atoms with Crippen LogP contribution in [-0.2, 0) is 33.2 Å². The molecule has 0 saturated carbocycles. The van der Waals surface area contributed by atoms with E-state index in [0.717, 1.165) is 116 Å². The Morgan fingerprint density at radius 3 is 1.13 bits per heavy atom. The second-order valence-corrected chi connectivity index (χ2v) is 25.6. The molecular formula is C80H129NO18. The molecule has 19 heteroatoms. The van der Waals surface area contributed by atoms with Crippen molar-refractivity contribution in [1.82, 2.24) is 5.32 Å². The third-order valence-corrected chi connectivity index (χ3v) is 17.3. The summed E-state index contributed by atoms with van der Waals surface area (Å²) in [5, 5.41) is 121. The molecule has 1 amide bonds. The number of carbonyl (C=O) groups excluding carboxylic acids is 1. The van der Waals surface area contributed by atoms with Crippen LogP contribution in [0.5, 0.6) is 0 Å². The summed E-state index contributed by atoms with van der Waals surface area (Å²) in [6, 6.07) is -1.02. The van der Waals surface area contributed by atoms with E-state index >= 15 is 0 Å². The monoisotopic (exact) mass is 1390 g/mol. The molecule has 99 heavy (non-hydrogen) atoms. The van der Waals surface area contributed by atoms with Crippen LogP contribution in [-0.4, -0.2) is 193 Å². The van der Waals surface area contributed by atoms with Gasteiger partial charge in [-0.1, -0.05) is 236 Å². The summed E-state index contributed by atoms with van der Waals surface area (Å²) < 4.78 is 34.3. The second-order valence-electron chi connectivity index (χ2n) is 25.6. The molecular weight excluding hydrogens is 1260 g/mol. The normalized spacial score (nSPS) is 27.5. The Balaban J connectivity index is 1.42. The lowest BCUT2D eigenvalue weighted by molar-refractivity contribution is -0.379. The van der Waals surface area contributed by atoms with Crippen molar-refractivity contribution in [2.24, 2.45) is 0 Å². The molecule has 3 fully saturated rings. The first kappa shape index (κ1) is 88.6. The van der Waals surface area contributed by atoms with Crippen molar-refractivity contribution in [2.75, 3.05) is 26.4 Å². The highest BCUT2D eigenvalue weighted by Gasteiger charge is 2.53. The van der Waals surface area contributed by atoms with Crippen LogP contribution >= 0.6 is 0 Å². The highest BCUT2D eigenvalue weighted by Crippen LogP contribution is 2.33. The summed E-state index contributed by atoms with van der Waals surface area (Å²) in [6.45, 7) is 1.55. The minimum atomic E-state index is -1.99. The third-order valence-electron chi connectivity index (χ3n) is 17.3. The summed E-state index contributed by atoms with van der Waals surface area (Å²) in [6.07, 6.45) is 59.3. The van der Waals surface area contributed by atoms with Gasteiger partial charge in [-0.05, 0) is 122 Å². The number of hydrogen-bond acceptors (Lipinski definition) is 18. The molecule has 0 aromatic heterocycles. The Hall–Kier alpha value is -4.59. The lowest BCUT2D eigenvalue weighted by atomic mass is 9.96. The summed E-state index contributed by atoms with van der Waals surface area (Å²) >= 11 is 0. The van der Waals surface area contributed by atoms with E-state index in [-0.39, 0.29) is 12.3 Å². The number of unbranched alkanes of at least 4 members (excludes halogenated alkanes) is 15. The van der Waals surface area contributed by atoms with Crippen LogP contribution < -0.4 is 5.32 Å². The van der Waals surface area contributed by atoms with Crippen molar-refractivity contribution >= 4 is 5.91 Å². The predicted molar refractivity (Wildman–Crippen MR) is 392 cm³/mol. The fourth-order valence-electron chi connectivity index (χ4n) is 11.3. The fraction of sp³-hybridized carbons (Fsp3) is 0.662. The van der Waals surface area contributed by atoms with E-state index in [0.29, 0.717) is 12.8 Å². The van der Waals surface area contributed by atoms with Crippen LogP contribution in [0.1, 0.15) is 206 Å². The van der Waals surface area contributed by atoms with E-state index < -0.39 is 131 Å². The van der Waals surface area contributed by atoms with Gasteiger partial charge in [0.2, 0.25) is 5.91 Å². The molecule has 562 valence electrons. The molecule has 0 radical (unpaired) electrons. The standard InChI is InChI=1S/C80H129NO18/c1-3-5-7-9-11-13-15-17-19-21-23-24-25-26-27-28-29-30-31-32-33-34-35-36-37-38-40-42-44-46-48-50-52-54-56-58-68(86)81-63(64(85)57-55-53-51-49-47-45-43-41-39-22-20-18-16-14-12-10-8-6-4-2)62-94-78-74(92)71(89)76(66(60-83)96-78)99-80-75(93)72(90)77(67(61-84)97-80)98-79-73(91)70(88)69(87)65(59-82)95-79/h5,7,11,13,17,19,23-24,26-27,29-30,32-33,35-36,38-41,44,46-47,49,55,57,63-67,69-80,82-85,87-93H,3-4,6,8-10,12,14-16,18,20-22,25,28,31,34,37,42-43,45,48,50-54,56,58-62H2,1-2H3,(H,81,86)/b7-5-,13-11-,19-17-,24-23-,27-26-,30-29-,33-32-,36-35-,40-38-,41-39+,46-44-,49-47+,57-55+. The maximum absolute atomic E-state index is 13.4. The molecule has 0 aromatic rings. The highest BCUT2D eigenvalue weighted by atomic mass is 16.8. The van der Waals surface area contributed by atoms with Gasteiger partial charge in [-0.3, -0.25) is 4.79 Å². The molecule has 0 aromatic carbocycles. The number of carbonyl (C=O) groups is 1. The van der Waals surface area contributed by atoms with E-state index in [2.05, 4.69) is 165 Å². The maximum atomic E-state index is 13.4. The van der Waals surface area contributed by atoms with E-state index in [1.54, 1.807) is 6.08 Å². The summed E-state index contributed by atoms with van der Waals surface area (Å²) in [4.78, 5) is 13.4. The number of amides is 1. The van der Waals surface area contributed by atoms with Crippen LogP contribution in [0.15, 0.2) is 158 Å². The lowest BCUT2D eigenvalue weighted by Gasteiger charge is -2.48. The number of rotatable bonds is 55. The van der Waals surface area contributed by atoms with Gasteiger partial charge in [-0.2, -0.15) is 0 Å². The number of allylic oxidation sites excluding steroid dienone is 25. The van der Waals surface area contributed by atoms with Crippen LogP contribution in [0.2, 0.25) is 0 Å². The number of aliphatic hydroxyl groups is 11. The molecule has 12 N–H and O–H groups in total. The molecule has 17 atom stereocenters. The van der Waals surface area contributed by atoms with Gasteiger partial charge in [0.15, 0.2) is 18.9 Å². The van der Waals surface area contributed by atoms with E-state index in [1.807, 2.05) is 6.08 Å². The molecule has 3 aliphatic heterocycles. The summed E-state index contributed by atoms with van der Waals surface area (Å²) in [5.41, 5.74) is 0. The molecule has 0 bridgehead atoms. The highest BCUT2D eigenvalue weighted by molar-refractivity contribution is 5.76. The zero-order valence-corrected chi connectivity index (χ0v) is 59.6. The maximum Gasteiger partial charge on any atom is 0.220 e. The van der Waals surface area contributed by atoms with Crippen molar-refractivity contribution in [3.05, 3.63) is 158 Å². The van der Waals surface area contributed by atoms with Gasteiger partial charge < -0.3 is 89.9 Å². The summed E-state index contributed by atoms with van der Waals surface area (Å²) in [7, 11) is 0. The molecule has 3 rings (SSSR count).